The molecule has 4 rings (SSSR count). The summed E-state index contributed by atoms with van der Waals surface area (Å²) in [7, 11) is 0. The van der Waals surface area contributed by atoms with E-state index in [9.17, 15) is 4.79 Å². The molecule has 5 nitrogen and oxygen atoms in total. The van der Waals surface area contributed by atoms with Crippen molar-refractivity contribution in [1.29, 1.82) is 0 Å². The van der Waals surface area contributed by atoms with E-state index in [2.05, 4.69) is 17.6 Å². The first kappa shape index (κ1) is 18.3. The molecule has 0 fully saturated rings. The molecule has 1 heterocycles. The van der Waals surface area contributed by atoms with Gasteiger partial charge < -0.3 is 9.15 Å². The van der Waals surface area contributed by atoms with Gasteiger partial charge in [-0.2, -0.15) is 0 Å². The summed E-state index contributed by atoms with van der Waals surface area (Å²) in [5, 5.41) is 0. The van der Waals surface area contributed by atoms with E-state index in [1.54, 1.807) is 12.1 Å². The number of ether oxygens (including phenoxy) is 1. The fourth-order valence-electron chi connectivity index (χ4n) is 3.29. The van der Waals surface area contributed by atoms with Gasteiger partial charge in [-0.15, -0.1) is 0 Å². The Morgan fingerprint density at radius 3 is 2.68 bits per heavy atom. The number of furan rings is 1. The third-order valence-corrected chi connectivity index (χ3v) is 4.86. The largest absolute Gasteiger partial charge is 0.486 e. The van der Waals surface area contributed by atoms with Crippen molar-refractivity contribution >= 4 is 5.91 Å². The second-order valence-electron chi connectivity index (χ2n) is 7.04. The number of aryl methyl sites for hydroxylation is 3. The first-order valence-corrected chi connectivity index (χ1v) is 9.48. The number of carbonyl (C=O) groups excluding carboxylic acids is 1. The monoisotopic (exact) mass is 377 g/mol. The summed E-state index contributed by atoms with van der Waals surface area (Å²) in [4.78, 5) is 17.4. The van der Waals surface area contributed by atoms with Crippen LogP contribution in [0.4, 0.5) is 0 Å². The average Bonchev–Trinajstić information content (AvgIpc) is 3.37. The van der Waals surface area contributed by atoms with Gasteiger partial charge in [0.15, 0.2) is 5.76 Å². The number of fused-ring (bicyclic) bond motifs is 1. The SMILES string of the molecule is Cc1ccc(CONC(=O)c2ccc(COc3ccc4c(c3)CCC4)o2)cc1. The van der Waals surface area contributed by atoms with Crippen LogP contribution in [0, 0.1) is 6.92 Å². The molecule has 0 bridgehead atoms. The first-order valence-electron chi connectivity index (χ1n) is 9.48. The molecular weight excluding hydrogens is 354 g/mol. The van der Waals surface area contributed by atoms with Gasteiger partial charge in [0, 0.05) is 0 Å². The Kier molecular flexibility index (Phi) is 5.44. The number of hydrogen-bond donors (Lipinski definition) is 1. The van der Waals surface area contributed by atoms with E-state index < -0.39 is 5.91 Å². The van der Waals surface area contributed by atoms with Gasteiger partial charge in [0.25, 0.3) is 0 Å². The number of hydrogen-bond acceptors (Lipinski definition) is 4. The Balaban J connectivity index is 1.26. The summed E-state index contributed by atoms with van der Waals surface area (Å²) >= 11 is 0. The quantitative estimate of drug-likeness (QED) is 0.615. The standard InChI is InChI=1S/C23H23NO4/c1-16-5-7-17(8-6-16)14-27-24-23(25)22-12-11-21(28-22)15-26-20-10-9-18-3-2-4-19(18)13-20/h5-13H,2-4,14-15H2,1H3,(H,24,25). The van der Waals surface area contributed by atoms with E-state index in [0.717, 1.165) is 24.2 Å². The third-order valence-electron chi connectivity index (χ3n) is 4.86. The van der Waals surface area contributed by atoms with Gasteiger partial charge in [0.1, 0.15) is 18.1 Å². The van der Waals surface area contributed by atoms with Crippen molar-refractivity contribution in [2.45, 2.75) is 39.4 Å². The lowest BCUT2D eigenvalue weighted by Crippen LogP contribution is -2.23. The number of amides is 1. The van der Waals surface area contributed by atoms with Crippen LogP contribution in [0.2, 0.25) is 0 Å². The maximum atomic E-state index is 12.1. The molecule has 0 radical (unpaired) electrons. The number of benzene rings is 2. The van der Waals surface area contributed by atoms with Crippen molar-refractivity contribution in [3.05, 3.63) is 88.4 Å². The molecule has 3 aromatic rings. The molecule has 1 aromatic heterocycles. The summed E-state index contributed by atoms with van der Waals surface area (Å²) in [5.74, 6) is 1.18. The lowest BCUT2D eigenvalue weighted by Gasteiger charge is -2.07. The lowest BCUT2D eigenvalue weighted by molar-refractivity contribution is 0.0210. The van der Waals surface area contributed by atoms with Gasteiger partial charge in [-0.3, -0.25) is 9.63 Å². The summed E-state index contributed by atoms with van der Waals surface area (Å²) in [6, 6.07) is 17.5. The molecule has 0 atom stereocenters. The zero-order valence-corrected chi connectivity index (χ0v) is 15.9. The molecule has 0 spiro atoms. The van der Waals surface area contributed by atoms with Crippen LogP contribution in [0.1, 0.15) is 45.0 Å². The molecule has 2 aromatic carbocycles. The zero-order chi connectivity index (χ0) is 19.3. The Morgan fingerprint density at radius 2 is 1.82 bits per heavy atom. The molecule has 1 aliphatic rings. The van der Waals surface area contributed by atoms with Crippen LogP contribution in [0.25, 0.3) is 0 Å². The smallest absolute Gasteiger partial charge is 0.310 e. The summed E-state index contributed by atoms with van der Waals surface area (Å²) in [6.45, 7) is 2.59. The minimum Gasteiger partial charge on any atom is -0.486 e. The molecule has 0 saturated carbocycles. The number of carbonyl (C=O) groups is 1. The fourth-order valence-corrected chi connectivity index (χ4v) is 3.29. The van der Waals surface area contributed by atoms with Gasteiger partial charge in [-0.1, -0.05) is 35.9 Å². The Hall–Kier alpha value is -3.05. The van der Waals surface area contributed by atoms with Gasteiger partial charge in [0.05, 0.1) is 6.61 Å². The first-order chi connectivity index (χ1) is 13.7. The van der Waals surface area contributed by atoms with E-state index in [1.165, 1.54) is 23.1 Å². The highest BCUT2D eigenvalue weighted by Gasteiger charge is 2.13. The minimum atomic E-state index is -0.420. The van der Waals surface area contributed by atoms with Crippen LogP contribution >= 0.6 is 0 Å². The van der Waals surface area contributed by atoms with Crippen molar-refractivity contribution in [2.24, 2.45) is 0 Å². The molecule has 0 aliphatic heterocycles. The second kappa shape index (κ2) is 8.31. The minimum absolute atomic E-state index is 0.191. The van der Waals surface area contributed by atoms with E-state index in [0.29, 0.717) is 12.4 Å². The second-order valence-corrected chi connectivity index (χ2v) is 7.04. The molecule has 144 valence electrons. The predicted molar refractivity (Wildman–Crippen MR) is 105 cm³/mol. The fraction of sp³-hybridized carbons (Fsp3) is 0.261. The molecule has 0 saturated heterocycles. The predicted octanol–water partition coefficient (Wildman–Crippen LogP) is 4.52. The third kappa shape index (κ3) is 4.43. The van der Waals surface area contributed by atoms with Gasteiger partial charge >= 0.3 is 5.91 Å². The van der Waals surface area contributed by atoms with Crippen LogP contribution in [-0.2, 0) is 30.9 Å². The van der Waals surface area contributed by atoms with E-state index in [-0.39, 0.29) is 12.4 Å². The van der Waals surface area contributed by atoms with Gasteiger partial charge in [-0.05, 0) is 67.1 Å². The van der Waals surface area contributed by atoms with Crippen LogP contribution < -0.4 is 10.2 Å². The molecular formula is C23H23NO4. The molecule has 5 heteroatoms. The Morgan fingerprint density at radius 1 is 1.00 bits per heavy atom. The molecule has 28 heavy (non-hydrogen) atoms. The Bertz CT molecular complexity index is 959. The number of rotatable bonds is 7. The van der Waals surface area contributed by atoms with Crippen molar-refractivity contribution in [2.75, 3.05) is 0 Å². The van der Waals surface area contributed by atoms with Crippen molar-refractivity contribution in [3.63, 3.8) is 0 Å². The van der Waals surface area contributed by atoms with Gasteiger partial charge in [-0.25, -0.2) is 5.48 Å². The molecule has 1 aliphatic carbocycles. The highest BCUT2D eigenvalue weighted by Crippen LogP contribution is 2.26. The maximum Gasteiger partial charge on any atom is 0.310 e. The van der Waals surface area contributed by atoms with Crippen LogP contribution in [0.15, 0.2) is 59.0 Å². The molecule has 1 N–H and O–H groups in total. The zero-order valence-electron chi connectivity index (χ0n) is 15.9. The van der Waals surface area contributed by atoms with Crippen LogP contribution in [-0.4, -0.2) is 5.91 Å². The van der Waals surface area contributed by atoms with Crippen molar-refractivity contribution < 1.29 is 18.8 Å². The van der Waals surface area contributed by atoms with Gasteiger partial charge in [0.2, 0.25) is 0 Å². The van der Waals surface area contributed by atoms with Crippen molar-refractivity contribution in [3.8, 4) is 5.75 Å². The summed E-state index contributed by atoms with van der Waals surface area (Å²) in [6.07, 6.45) is 3.47. The van der Waals surface area contributed by atoms with Crippen molar-refractivity contribution in [1.82, 2.24) is 5.48 Å². The Labute approximate surface area is 164 Å². The van der Waals surface area contributed by atoms with E-state index in [1.807, 2.05) is 37.3 Å². The molecule has 1 amide bonds. The summed E-state index contributed by atoms with van der Waals surface area (Å²) in [5.41, 5.74) is 7.34. The normalized spacial score (nSPS) is 12.6. The number of hydroxylamine groups is 1. The average molecular weight is 377 g/mol. The highest BCUT2D eigenvalue weighted by atomic mass is 16.7. The topological polar surface area (TPSA) is 60.7 Å². The van der Waals surface area contributed by atoms with Crippen LogP contribution in [0.5, 0.6) is 5.75 Å². The van der Waals surface area contributed by atoms with E-state index in [4.69, 9.17) is 14.0 Å². The lowest BCUT2D eigenvalue weighted by atomic mass is 10.1. The summed E-state index contributed by atoms with van der Waals surface area (Å²) < 4.78 is 11.4. The number of nitrogens with one attached hydrogen (secondary N) is 1. The van der Waals surface area contributed by atoms with E-state index >= 15 is 0 Å². The van der Waals surface area contributed by atoms with Crippen LogP contribution in [0.3, 0.4) is 0 Å². The highest BCUT2D eigenvalue weighted by molar-refractivity contribution is 5.90. The maximum absolute atomic E-state index is 12.1. The molecule has 0 unspecified atom stereocenters.